The van der Waals surface area contributed by atoms with Crippen molar-refractivity contribution in [3.63, 3.8) is 0 Å². The van der Waals surface area contributed by atoms with Crippen molar-refractivity contribution >= 4 is 47.9 Å². The summed E-state index contributed by atoms with van der Waals surface area (Å²) in [4.78, 5) is 39.2. The summed E-state index contributed by atoms with van der Waals surface area (Å²) in [5.74, 6) is 1.02. The van der Waals surface area contributed by atoms with E-state index < -0.39 is 21.8 Å². The molecule has 32 heavy (non-hydrogen) atoms. The number of carbonyl (C=O) groups is 1. The number of nitrogens with one attached hydrogen (secondary N) is 2. The van der Waals surface area contributed by atoms with Crippen molar-refractivity contribution in [3.8, 4) is 10.6 Å². The minimum absolute atomic E-state index is 0.121. The van der Waals surface area contributed by atoms with Crippen LogP contribution in [0.25, 0.3) is 20.8 Å². The van der Waals surface area contributed by atoms with E-state index in [9.17, 15) is 14.7 Å². The summed E-state index contributed by atoms with van der Waals surface area (Å²) in [6, 6.07) is 7.90. The van der Waals surface area contributed by atoms with Gasteiger partial charge in [0.15, 0.2) is 0 Å². The van der Waals surface area contributed by atoms with Crippen LogP contribution in [0.15, 0.2) is 29.1 Å². The molecule has 0 aliphatic carbocycles. The van der Waals surface area contributed by atoms with E-state index in [0.29, 0.717) is 23.7 Å². The van der Waals surface area contributed by atoms with Gasteiger partial charge in [-0.3, -0.25) is 0 Å². The second kappa shape index (κ2) is 9.33. The summed E-state index contributed by atoms with van der Waals surface area (Å²) >= 11 is 1.04. The molecular formula is C22H25AsN5O3S. The third kappa shape index (κ3) is 4.47. The number of piperidine rings is 2. The summed E-state index contributed by atoms with van der Waals surface area (Å²) in [6.45, 7) is 2.95. The molecule has 2 saturated heterocycles. The van der Waals surface area contributed by atoms with E-state index in [2.05, 4.69) is 10.3 Å². The molecule has 4 heterocycles. The van der Waals surface area contributed by atoms with E-state index in [0.717, 1.165) is 59.3 Å². The van der Waals surface area contributed by atoms with Crippen LogP contribution in [-0.4, -0.2) is 73.0 Å². The number of carboxylic acid groups (broad SMARTS) is 1. The molecule has 0 bridgehead atoms. The van der Waals surface area contributed by atoms with Crippen LogP contribution in [0.1, 0.15) is 37.4 Å². The molecule has 0 unspecified atom stereocenters. The van der Waals surface area contributed by atoms with Gasteiger partial charge in [0.2, 0.25) is 0 Å². The first-order valence-corrected chi connectivity index (χ1v) is 13.8. The second-order valence-electron chi connectivity index (χ2n) is 8.31. The zero-order valence-corrected chi connectivity index (χ0v) is 20.3. The van der Waals surface area contributed by atoms with Crippen LogP contribution in [-0.2, 0) is 0 Å². The number of aromatic amines is 1. The topological polar surface area (TPSA) is 111 Å². The summed E-state index contributed by atoms with van der Waals surface area (Å²) in [7, 11) is 0. The Hall–Kier alpha value is -2.22. The number of benzene rings is 1. The number of hydrogen-bond donors (Lipinski definition) is 3. The number of likely N-dealkylation sites (tertiary alicyclic amines) is 1. The molecule has 0 spiro atoms. The molecule has 5 rings (SSSR count). The number of nitrogens with zero attached hydrogens (tertiary/aromatic N) is 3. The monoisotopic (exact) mass is 514 g/mol. The first-order chi connectivity index (χ1) is 15.6. The number of thiazole rings is 1. The number of fused-ring (bicyclic) bond motifs is 1. The van der Waals surface area contributed by atoms with Gasteiger partial charge in [-0.15, -0.1) is 0 Å². The molecule has 1 aromatic carbocycles. The van der Waals surface area contributed by atoms with Gasteiger partial charge in [-0.05, 0) is 0 Å². The molecule has 8 nitrogen and oxygen atoms in total. The number of amides is 1. The van der Waals surface area contributed by atoms with E-state index in [4.69, 9.17) is 9.97 Å². The molecule has 2 aliphatic heterocycles. The summed E-state index contributed by atoms with van der Waals surface area (Å²) in [5.41, 5.74) is 1.34. The predicted octanol–water partition coefficient (Wildman–Crippen LogP) is 2.41. The van der Waals surface area contributed by atoms with Crippen LogP contribution >= 0.6 is 11.3 Å². The molecule has 2 aliphatic rings. The van der Waals surface area contributed by atoms with Crippen molar-refractivity contribution in [2.45, 2.75) is 36.3 Å². The van der Waals surface area contributed by atoms with Crippen LogP contribution in [0.5, 0.6) is 0 Å². The molecule has 3 aromatic rings. The Balaban J connectivity index is 1.55. The number of H-pyrrole nitrogens is 1. The van der Waals surface area contributed by atoms with Crippen molar-refractivity contribution in [3.05, 3.63) is 40.4 Å². The fourth-order valence-corrected chi connectivity index (χ4v) is 8.63. The Morgan fingerprint density at radius 3 is 2.78 bits per heavy atom. The van der Waals surface area contributed by atoms with Crippen molar-refractivity contribution in [2.24, 2.45) is 0 Å². The zero-order chi connectivity index (χ0) is 22.1. The van der Waals surface area contributed by atoms with Crippen molar-refractivity contribution < 1.29 is 9.90 Å². The average molecular weight is 514 g/mol. The van der Waals surface area contributed by atoms with Crippen molar-refractivity contribution in [2.75, 3.05) is 26.2 Å². The molecule has 10 heteroatoms. The van der Waals surface area contributed by atoms with Gasteiger partial charge in [-0.25, -0.2) is 0 Å². The first-order valence-electron chi connectivity index (χ1n) is 11.0. The molecule has 1 radical (unpaired) electrons. The maximum atomic E-state index is 13.4. The van der Waals surface area contributed by atoms with E-state index in [-0.39, 0.29) is 16.2 Å². The Bertz CT molecular complexity index is 1160. The van der Waals surface area contributed by atoms with Gasteiger partial charge < -0.3 is 0 Å². The van der Waals surface area contributed by atoms with Crippen molar-refractivity contribution in [1.82, 2.24) is 25.2 Å². The summed E-state index contributed by atoms with van der Waals surface area (Å²) in [5, 5.41) is 13.5. The fourth-order valence-electron chi connectivity index (χ4n) is 4.44. The van der Waals surface area contributed by atoms with Gasteiger partial charge in [-0.2, -0.15) is 0 Å². The molecule has 1 amide bonds. The van der Waals surface area contributed by atoms with Gasteiger partial charge in [0.25, 0.3) is 0 Å². The quantitative estimate of drug-likeness (QED) is 0.462. The Kier molecular flexibility index (Phi) is 6.30. The van der Waals surface area contributed by atoms with Crippen LogP contribution in [0, 0.1) is 0 Å². The van der Waals surface area contributed by atoms with E-state index >= 15 is 0 Å². The van der Waals surface area contributed by atoms with Gasteiger partial charge in [0.05, 0.1) is 0 Å². The standard InChI is InChI=1S/C22H25AsN5O3S/c29-20-17(21-25-15-5-1-2-6-16(15)32-21)18(23-14-4-3-11-28(12-14)22(30)31)26-19(27-20)13-7-9-24-10-8-13/h1-2,5-6,13-14,24H,3-4,7-12H2,(H,30,31)(H,26,27,29)/t14-/m1/s1. The number of para-hydroxylation sites is 1. The third-order valence-corrected chi connectivity index (χ3v) is 10.0. The number of hydrogen-bond acceptors (Lipinski definition) is 6. The van der Waals surface area contributed by atoms with E-state index in [1.54, 1.807) is 0 Å². The third-order valence-electron chi connectivity index (χ3n) is 6.12. The summed E-state index contributed by atoms with van der Waals surface area (Å²) < 4.78 is 2.12. The van der Waals surface area contributed by atoms with Gasteiger partial charge in [0, 0.05) is 0 Å². The molecular weight excluding hydrogens is 489 g/mol. The Morgan fingerprint density at radius 2 is 2.00 bits per heavy atom. The SMILES string of the molecule is O=C(O)N1CCC[C@@H]([As]c2nc(C3CCNCC3)[nH]c(=O)c2-c2nc3ccccc3s2)C1. The Labute approximate surface area is 196 Å². The van der Waals surface area contributed by atoms with Gasteiger partial charge in [0.1, 0.15) is 0 Å². The molecule has 2 aromatic heterocycles. The maximum absolute atomic E-state index is 13.4. The molecule has 2 fully saturated rings. The summed E-state index contributed by atoms with van der Waals surface area (Å²) in [6.07, 6.45) is 2.87. The van der Waals surface area contributed by atoms with Crippen molar-refractivity contribution in [1.29, 1.82) is 0 Å². The van der Waals surface area contributed by atoms with Crippen LogP contribution in [0.2, 0.25) is 4.71 Å². The number of aromatic nitrogens is 3. The Morgan fingerprint density at radius 1 is 1.19 bits per heavy atom. The fraction of sp³-hybridized carbons (Fsp3) is 0.455. The minimum atomic E-state index is -0.864. The average Bonchev–Trinajstić information content (AvgIpc) is 3.23. The van der Waals surface area contributed by atoms with E-state index in [1.165, 1.54) is 16.2 Å². The number of rotatable bonds is 4. The second-order valence-corrected chi connectivity index (χ2v) is 12.3. The first kappa shape index (κ1) is 21.6. The van der Waals surface area contributed by atoms with Crippen LogP contribution in [0.3, 0.4) is 0 Å². The van der Waals surface area contributed by atoms with Crippen LogP contribution in [0.4, 0.5) is 4.79 Å². The predicted molar refractivity (Wildman–Crippen MR) is 126 cm³/mol. The zero-order valence-electron chi connectivity index (χ0n) is 17.6. The normalized spacial score (nSPS) is 20.4. The van der Waals surface area contributed by atoms with Gasteiger partial charge in [-0.1, -0.05) is 0 Å². The van der Waals surface area contributed by atoms with Crippen LogP contribution < -0.4 is 15.4 Å². The molecule has 3 N–H and O–H groups in total. The van der Waals surface area contributed by atoms with E-state index in [1.807, 2.05) is 24.3 Å². The molecule has 167 valence electrons. The molecule has 1 atom stereocenters. The molecule has 0 saturated carbocycles. The van der Waals surface area contributed by atoms with Gasteiger partial charge >= 0.3 is 196 Å².